The molecule has 0 atom stereocenters. The fraction of sp³-hybridized carbons (Fsp3) is 1.00. The van der Waals surface area contributed by atoms with Crippen LogP contribution in [0.25, 0.3) is 0 Å². The van der Waals surface area contributed by atoms with Crippen molar-refractivity contribution in [3.05, 3.63) is 0 Å². The van der Waals surface area contributed by atoms with Crippen molar-refractivity contribution in [3.8, 4) is 0 Å². The molecule has 0 spiro atoms. The van der Waals surface area contributed by atoms with Gasteiger partial charge < -0.3 is 4.55 Å². The molecule has 0 aliphatic heterocycles. The molecule has 0 saturated carbocycles. The van der Waals surface area contributed by atoms with Crippen LogP contribution in [0.3, 0.4) is 0 Å². The van der Waals surface area contributed by atoms with E-state index in [9.17, 15) is 34.9 Å². The summed E-state index contributed by atoms with van der Waals surface area (Å²) in [5.41, 5.74) is 0. The molecule has 0 rings (SSSR count). The molecule has 16 heavy (non-hydrogen) atoms. The molecule has 0 heterocycles. The summed E-state index contributed by atoms with van der Waals surface area (Å²) < 4.78 is 89.1. The molecule has 10 heteroatoms. The average Bonchev–Trinajstić information content (AvgIpc) is 1.94. The number of alkyl halides is 5. The zero-order valence-electron chi connectivity index (χ0n) is 8.35. The molecule has 0 amide bonds. The molecule has 0 aromatic carbocycles. The Morgan fingerprint density at radius 2 is 1.31 bits per heavy atom. The van der Waals surface area contributed by atoms with Crippen molar-refractivity contribution in [2.75, 3.05) is 0 Å². The Labute approximate surface area is 132 Å². The molecule has 3 nitrogen and oxygen atoms in total. The first-order valence-electron chi connectivity index (χ1n) is 3.86. The summed E-state index contributed by atoms with van der Waals surface area (Å²) in [5.74, 6) is 0. The number of hydrogen-bond acceptors (Lipinski definition) is 3. The van der Waals surface area contributed by atoms with Crippen molar-refractivity contribution in [1.82, 2.24) is 0 Å². The first-order chi connectivity index (χ1) is 6.46. The molecular formula is C6H8F5KO3S. The Bertz CT molecular complexity index is 300. The van der Waals surface area contributed by atoms with Gasteiger partial charge in [-0.25, -0.2) is 8.42 Å². The molecule has 0 N–H and O–H groups in total. The summed E-state index contributed by atoms with van der Waals surface area (Å²) >= 11 is 0. The van der Waals surface area contributed by atoms with Gasteiger partial charge >= 0.3 is 62.8 Å². The van der Waals surface area contributed by atoms with Gasteiger partial charge in [-0.3, -0.25) is 0 Å². The van der Waals surface area contributed by atoms with Gasteiger partial charge in [0.05, 0.1) is 0 Å². The first-order valence-corrected chi connectivity index (χ1v) is 5.26. The van der Waals surface area contributed by atoms with Gasteiger partial charge in [0.1, 0.15) is 0 Å². The van der Waals surface area contributed by atoms with Crippen LogP contribution in [0, 0.1) is 0 Å². The molecule has 0 radical (unpaired) electrons. The van der Waals surface area contributed by atoms with Crippen LogP contribution >= 0.6 is 0 Å². The van der Waals surface area contributed by atoms with Crippen LogP contribution in [-0.4, -0.2) is 24.4 Å². The minimum atomic E-state index is -5.78. The van der Waals surface area contributed by atoms with Crippen molar-refractivity contribution < 1.29 is 86.3 Å². The fourth-order valence-corrected chi connectivity index (χ4v) is 1.18. The van der Waals surface area contributed by atoms with Crippen molar-refractivity contribution in [3.63, 3.8) is 0 Å². The Kier molecular flexibility index (Phi) is 8.49. The van der Waals surface area contributed by atoms with Crippen LogP contribution in [0.1, 0.15) is 25.7 Å². The predicted octanol–water partition coefficient (Wildman–Crippen LogP) is -0.749. The van der Waals surface area contributed by atoms with E-state index < -0.39 is 47.2 Å². The summed E-state index contributed by atoms with van der Waals surface area (Å²) in [6.45, 7) is 0. The van der Waals surface area contributed by atoms with E-state index in [-0.39, 0.29) is 51.4 Å². The zero-order valence-corrected chi connectivity index (χ0v) is 12.3. The number of unbranched alkanes of at least 4 members (excludes halogenated alkanes) is 1. The van der Waals surface area contributed by atoms with E-state index in [4.69, 9.17) is 0 Å². The first kappa shape index (κ1) is 19.5. The summed E-state index contributed by atoms with van der Waals surface area (Å²) in [5, 5.41) is -4.49. The van der Waals surface area contributed by atoms with E-state index in [1.54, 1.807) is 0 Å². The van der Waals surface area contributed by atoms with E-state index in [0.717, 1.165) is 0 Å². The number of halogens is 5. The summed E-state index contributed by atoms with van der Waals surface area (Å²) in [7, 11) is -5.78. The van der Waals surface area contributed by atoms with Crippen molar-refractivity contribution >= 4 is 10.1 Å². The molecule has 0 fully saturated rings. The molecule has 0 bridgehead atoms. The van der Waals surface area contributed by atoms with E-state index in [1.807, 2.05) is 0 Å². The second-order valence-corrected chi connectivity index (χ2v) is 4.42. The van der Waals surface area contributed by atoms with Crippen molar-refractivity contribution in [1.29, 1.82) is 0 Å². The van der Waals surface area contributed by atoms with Gasteiger partial charge in [-0.1, -0.05) is 0 Å². The SMILES string of the molecule is O=S(=O)([O-])C(F)(F)CCCCC(F)(F)F.[K+]. The molecule has 0 aliphatic carbocycles. The minimum Gasteiger partial charge on any atom is -0.743 e. The Balaban J connectivity index is 0. The molecule has 0 aliphatic rings. The van der Waals surface area contributed by atoms with Crippen LogP contribution < -0.4 is 51.4 Å². The third-order valence-corrected chi connectivity index (χ3v) is 2.48. The third-order valence-electron chi connectivity index (χ3n) is 1.54. The van der Waals surface area contributed by atoms with Gasteiger partial charge in [-0.15, -0.1) is 0 Å². The Hall–Kier alpha value is 1.20. The van der Waals surface area contributed by atoms with E-state index in [1.165, 1.54) is 0 Å². The van der Waals surface area contributed by atoms with E-state index in [0.29, 0.717) is 0 Å². The van der Waals surface area contributed by atoms with Gasteiger partial charge in [0.2, 0.25) is 0 Å². The predicted molar refractivity (Wildman–Crippen MR) is 39.2 cm³/mol. The standard InChI is InChI=1S/C6H9F5O3S.K/c7-5(8,9)3-1-2-4-6(10,11)15(12,13)14;/h1-4H2,(H,12,13,14);/q;+1/p-1. The van der Waals surface area contributed by atoms with E-state index in [2.05, 4.69) is 0 Å². The Morgan fingerprint density at radius 3 is 1.62 bits per heavy atom. The quantitative estimate of drug-likeness (QED) is 0.290. The van der Waals surface area contributed by atoms with Crippen LogP contribution in [0.4, 0.5) is 22.0 Å². The van der Waals surface area contributed by atoms with Crippen LogP contribution in [0.5, 0.6) is 0 Å². The van der Waals surface area contributed by atoms with Gasteiger partial charge in [-0.2, -0.15) is 22.0 Å². The molecular weight excluding hydrogens is 286 g/mol. The molecule has 92 valence electrons. The number of rotatable bonds is 5. The fourth-order valence-electron chi connectivity index (χ4n) is 0.781. The molecule has 0 unspecified atom stereocenters. The molecule has 0 saturated heterocycles. The smallest absolute Gasteiger partial charge is 0.743 e. The summed E-state index contributed by atoms with van der Waals surface area (Å²) in [6, 6.07) is 0. The maximum absolute atomic E-state index is 12.4. The zero-order chi connectivity index (χ0) is 12.3. The van der Waals surface area contributed by atoms with Crippen molar-refractivity contribution in [2.24, 2.45) is 0 Å². The van der Waals surface area contributed by atoms with Gasteiger partial charge in [0, 0.05) is 12.8 Å². The van der Waals surface area contributed by atoms with Crippen molar-refractivity contribution in [2.45, 2.75) is 37.1 Å². The van der Waals surface area contributed by atoms with E-state index >= 15 is 0 Å². The Morgan fingerprint density at radius 1 is 0.938 bits per heavy atom. The van der Waals surface area contributed by atoms with Gasteiger partial charge in [0.15, 0.2) is 10.1 Å². The van der Waals surface area contributed by atoms with Gasteiger partial charge in [0.25, 0.3) is 0 Å². The summed E-state index contributed by atoms with van der Waals surface area (Å²) in [6.07, 6.45) is -8.43. The third kappa shape index (κ3) is 8.31. The summed E-state index contributed by atoms with van der Waals surface area (Å²) in [4.78, 5) is 0. The monoisotopic (exact) mass is 294 g/mol. The number of hydrogen-bond donors (Lipinski definition) is 0. The second-order valence-electron chi connectivity index (χ2n) is 2.91. The normalized spacial score (nSPS) is 13.4. The largest absolute Gasteiger partial charge is 1.00 e. The van der Waals surface area contributed by atoms with Crippen LogP contribution in [0.2, 0.25) is 0 Å². The second kappa shape index (κ2) is 6.95. The maximum atomic E-state index is 12.4. The van der Waals surface area contributed by atoms with Crippen LogP contribution in [-0.2, 0) is 10.1 Å². The molecule has 0 aromatic rings. The minimum absolute atomic E-state index is 0. The average molecular weight is 294 g/mol. The molecule has 0 aromatic heterocycles. The topological polar surface area (TPSA) is 57.2 Å². The maximum Gasteiger partial charge on any atom is 1.00 e. The van der Waals surface area contributed by atoms with Crippen LogP contribution in [0.15, 0.2) is 0 Å². The van der Waals surface area contributed by atoms with Gasteiger partial charge in [-0.05, 0) is 12.8 Å².